The standard InChI is InChI=1S/C16H26N6/c1-4-7-22-12-17-19-16(22)14-6-5-8-21(10-14)11-15-9-18-20(3)13(15)2/h9,12,14H,4-8,10-11H2,1-3H3. The number of aryl methyl sites for hydroxylation is 2. The summed E-state index contributed by atoms with van der Waals surface area (Å²) in [6.07, 6.45) is 7.44. The molecule has 2 aromatic heterocycles. The molecule has 3 rings (SSSR count). The van der Waals surface area contributed by atoms with E-state index in [4.69, 9.17) is 0 Å². The lowest BCUT2D eigenvalue weighted by Crippen LogP contribution is -2.35. The summed E-state index contributed by atoms with van der Waals surface area (Å²) in [5.41, 5.74) is 2.59. The van der Waals surface area contributed by atoms with Crippen LogP contribution in [0.2, 0.25) is 0 Å². The number of hydrogen-bond acceptors (Lipinski definition) is 4. The van der Waals surface area contributed by atoms with Gasteiger partial charge in [-0.15, -0.1) is 10.2 Å². The van der Waals surface area contributed by atoms with Gasteiger partial charge in [-0.05, 0) is 32.7 Å². The Labute approximate surface area is 132 Å². The normalized spacial score (nSPS) is 19.7. The molecule has 1 saturated heterocycles. The second-order valence-electron chi connectivity index (χ2n) is 6.34. The van der Waals surface area contributed by atoms with Crippen LogP contribution >= 0.6 is 0 Å². The van der Waals surface area contributed by atoms with Crippen LogP contribution in [0.1, 0.15) is 49.2 Å². The van der Waals surface area contributed by atoms with Crippen molar-refractivity contribution in [2.45, 2.75) is 52.1 Å². The van der Waals surface area contributed by atoms with E-state index in [2.05, 4.69) is 38.6 Å². The van der Waals surface area contributed by atoms with Crippen molar-refractivity contribution in [3.05, 3.63) is 29.6 Å². The molecule has 6 nitrogen and oxygen atoms in total. The molecule has 22 heavy (non-hydrogen) atoms. The van der Waals surface area contributed by atoms with E-state index in [0.717, 1.165) is 38.4 Å². The first-order valence-corrected chi connectivity index (χ1v) is 8.26. The minimum Gasteiger partial charge on any atom is -0.317 e. The molecule has 0 aliphatic carbocycles. The Balaban J connectivity index is 1.69. The van der Waals surface area contributed by atoms with E-state index in [-0.39, 0.29) is 0 Å². The fraction of sp³-hybridized carbons (Fsp3) is 0.688. The number of rotatable bonds is 5. The van der Waals surface area contributed by atoms with Gasteiger partial charge < -0.3 is 4.57 Å². The highest BCUT2D eigenvalue weighted by atomic mass is 15.3. The third-order valence-electron chi connectivity index (χ3n) is 4.71. The van der Waals surface area contributed by atoms with Gasteiger partial charge in [0.1, 0.15) is 12.2 Å². The van der Waals surface area contributed by atoms with E-state index in [1.54, 1.807) is 0 Å². The van der Waals surface area contributed by atoms with E-state index >= 15 is 0 Å². The molecule has 2 aromatic rings. The summed E-state index contributed by atoms with van der Waals surface area (Å²) in [6, 6.07) is 0. The van der Waals surface area contributed by atoms with Gasteiger partial charge in [0.05, 0.1) is 6.20 Å². The number of hydrogen-bond donors (Lipinski definition) is 0. The highest BCUT2D eigenvalue weighted by molar-refractivity contribution is 5.16. The number of aromatic nitrogens is 5. The van der Waals surface area contributed by atoms with Gasteiger partial charge in [-0.2, -0.15) is 5.10 Å². The van der Waals surface area contributed by atoms with Crippen molar-refractivity contribution < 1.29 is 0 Å². The van der Waals surface area contributed by atoms with E-state index < -0.39 is 0 Å². The molecule has 1 unspecified atom stereocenters. The van der Waals surface area contributed by atoms with Gasteiger partial charge in [0, 0.05) is 43.9 Å². The highest BCUT2D eigenvalue weighted by Crippen LogP contribution is 2.26. The van der Waals surface area contributed by atoms with Crippen LogP contribution in [0.25, 0.3) is 0 Å². The van der Waals surface area contributed by atoms with Gasteiger partial charge in [0.25, 0.3) is 0 Å². The van der Waals surface area contributed by atoms with Crippen molar-refractivity contribution in [1.29, 1.82) is 0 Å². The number of nitrogens with zero attached hydrogens (tertiary/aromatic N) is 6. The zero-order valence-electron chi connectivity index (χ0n) is 13.9. The lowest BCUT2D eigenvalue weighted by Gasteiger charge is -2.32. The highest BCUT2D eigenvalue weighted by Gasteiger charge is 2.25. The number of piperidine rings is 1. The molecule has 0 N–H and O–H groups in total. The van der Waals surface area contributed by atoms with Crippen LogP contribution in [0.15, 0.2) is 12.5 Å². The average Bonchev–Trinajstić information content (AvgIpc) is 3.10. The smallest absolute Gasteiger partial charge is 0.137 e. The van der Waals surface area contributed by atoms with E-state index in [0.29, 0.717) is 5.92 Å². The van der Waals surface area contributed by atoms with Crippen LogP contribution in [0.5, 0.6) is 0 Å². The van der Waals surface area contributed by atoms with Crippen molar-refractivity contribution in [2.75, 3.05) is 13.1 Å². The quantitative estimate of drug-likeness (QED) is 0.849. The van der Waals surface area contributed by atoms with Gasteiger partial charge >= 0.3 is 0 Å². The second kappa shape index (κ2) is 6.60. The molecular formula is C16H26N6. The summed E-state index contributed by atoms with van der Waals surface area (Å²) in [5.74, 6) is 1.66. The average molecular weight is 302 g/mol. The van der Waals surface area contributed by atoms with Crippen molar-refractivity contribution in [3.63, 3.8) is 0 Å². The molecule has 120 valence electrons. The van der Waals surface area contributed by atoms with Gasteiger partial charge in [-0.25, -0.2) is 0 Å². The van der Waals surface area contributed by atoms with Crippen LogP contribution < -0.4 is 0 Å². The van der Waals surface area contributed by atoms with Crippen LogP contribution in [-0.2, 0) is 20.1 Å². The molecule has 6 heteroatoms. The Hall–Kier alpha value is -1.69. The molecule has 0 radical (unpaired) electrons. The lowest BCUT2D eigenvalue weighted by atomic mass is 9.96. The largest absolute Gasteiger partial charge is 0.317 e. The molecule has 0 bridgehead atoms. The molecule has 1 aliphatic heterocycles. The van der Waals surface area contributed by atoms with Gasteiger partial charge in [0.2, 0.25) is 0 Å². The SMILES string of the molecule is CCCn1cnnc1C1CCCN(Cc2cnn(C)c2C)C1. The summed E-state index contributed by atoms with van der Waals surface area (Å²) in [7, 11) is 2.01. The molecule has 3 heterocycles. The predicted octanol–water partition coefficient (Wildman–Crippen LogP) is 2.11. The minimum atomic E-state index is 0.500. The maximum Gasteiger partial charge on any atom is 0.137 e. The van der Waals surface area contributed by atoms with Crippen molar-refractivity contribution >= 4 is 0 Å². The van der Waals surface area contributed by atoms with Crippen molar-refractivity contribution in [2.24, 2.45) is 7.05 Å². The molecule has 1 atom stereocenters. The van der Waals surface area contributed by atoms with Crippen molar-refractivity contribution in [3.8, 4) is 0 Å². The molecule has 1 aliphatic rings. The minimum absolute atomic E-state index is 0.500. The summed E-state index contributed by atoms with van der Waals surface area (Å²) in [4.78, 5) is 2.53. The van der Waals surface area contributed by atoms with E-state index in [9.17, 15) is 0 Å². The van der Waals surface area contributed by atoms with Gasteiger partial charge in [-0.3, -0.25) is 9.58 Å². The maximum absolute atomic E-state index is 4.39. The van der Waals surface area contributed by atoms with Crippen LogP contribution in [-0.4, -0.2) is 42.5 Å². The van der Waals surface area contributed by atoms with E-state index in [1.807, 2.05) is 24.3 Å². The van der Waals surface area contributed by atoms with E-state index in [1.165, 1.54) is 24.1 Å². The molecule has 0 spiro atoms. The zero-order chi connectivity index (χ0) is 15.5. The third-order valence-corrected chi connectivity index (χ3v) is 4.71. The second-order valence-corrected chi connectivity index (χ2v) is 6.34. The van der Waals surface area contributed by atoms with Crippen LogP contribution in [0.4, 0.5) is 0 Å². The zero-order valence-corrected chi connectivity index (χ0v) is 13.9. The topological polar surface area (TPSA) is 51.8 Å². The molecular weight excluding hydrogens is 276 g/mol. The Kier molecular flexibility index (Phi) is 4.57. The Morgan fingerprint density at radius 2 is 2.23 bits per heavy atom. The maximum atomic E-state index is 4.39. The Morgan fingerprint density at radius 3 is 2.95 bits per heavy atom. The predicted molar refractivity (Wildman–Crippen MR) is 85.5 cm³/mol. The summed E-state index contributed by atoms with van der Waals surface area (Å²) >= 11 is 0. The van der Waals surface area contributed by atoms with Gasteiger partial charge in [0.15, 0.2) is 0 Å². The summed E-state index contributed by atoms with van der Waals surface area (Å²) in [5, 5.41) is 12.9. The first-order chi connectivity index (χ1) is 10.7. The Bertz CT molecular complexity index is 614. The summed E-state index contributed by atoms with van der Waals surface area (Å²) < 4.78 is 4.18. The molecule has 0 amide bonds. The van der Waals surface area contributed by atoms with Gasteiger partial charge in [-0.1, -0.05) is 6.92 Å². The van der Waals surface area contributed by atoms with Crippen LogP contribution in [0.3, 0.4) is 0 Å². The third kappa shape index (κ3) is 3.06. The fourth-order valence-electron chi connectivity index (χ4n) is 3.34. The first kappa shape index (κ1) is 15.2. The first-order valence-electron chi connectivity index (χ1n) is 8.26. The monoisotopic (exact) mass is 302 g/mol. The molecule has 1 fully saturated rings. The van der Waals surface area contributed by atoms with Crippen molar-refractivity contribution in [1.82, 2.24) is 29.4 Å². The molecule has 0 saturated carbocycles. The summed E-state index contributed by atoms with van der Waals surface area (Å²) in [6.45, 7) is 8.56. The Morgan fingerprint density at radius 1 is 1.36 bits per heavy atom. The number of likely N-dealkylation sites (tertiary alicyclic amines) is 1. The fourth-order valence-corrected chi connectivity index (χ4v) is 3.34. The van der Waals surface area contributed by atoms with Crippen LogP contribution in [0, 0.1) is 6.92 Å². The lowest BCUT2D eigenvalue weighted by molar-refractivity contribution is 0.194. The molecule has 0 aromatic carbocycles.